The van der Waals surface area contributed by atoms with Crippen molar-refractivity contribution in [1.82, 2.24) is 0 Å². The second kappa shape index (κ2) is 2.92. The normalized spacial score (nSPS) is 10.6. The van der Waals surface area contributed by atoms with E-state index in [0.29, 0.717) is 10.4 Å². The van der Waals surface area contributed by atoms with Gasteiger partial charge in [-0.3, -0.25) is 4.79 Å². The summed E-state index contributed by atoms with van der Waals surface area (Å²) >= 11 is 1.31. The van der Waals surface area contributed by atoms with Gasteiger partial charge in [-0.15, -0.1) is 11.3 Å². The average Bonchev–Trinajstić information content (AvgIpc) is 2.48. The van der Waals surface area contributed by atoms with Crippen molar-refractivity contribution in [3.63, 3.8) is 0 Å². The van der Waals surface area contributed by atoms with Gasteiger partial charge in [0.15, 0.2) is 6.29 Å². The Bertz CT molecular complexity index is 434. The maximum absolute atomic E-state index is 13.1. The van der Waals surface area contributed by atoms with Gasteiger partial charge in [-0.25, -0.2) is 4.39 Å². The van der Waals surface area contributed by atoms with E-state index in [-0.39, 0.29) is 5.82 Å². The smallest absolute Gasteiger partial charge is 0.160 e. The third-order valence-electron chi connectivity index (χ3n) is 1.93. The molecule has 2 aromatic rings. The number of hydrogen-bond donors (Lipinski definition) is 0. The van der Waals surface area contributed by atoms with Crippen LogP contribution in [0, 0.1) is 12.7 Å². The van der Waals surface area contributed by atoms with Crippen molar-refractivity contribution in [1.29, 1.82) is 0 Å². The van der Waals surface area contributed by atoms with Crippen LogP contribution in [0.4, 0.5) is 4.39 Å². The lowest BCUT2D eigenvalue weighted by Crippen LogP contribution is -1.78. The molecule has 0 saturated heterocycles. The number of aldehydes is 1. The quantitative estimate of drug-likeness (QED) is 0.637. The zero-order chi connectivity index (χ0) is 9.42. The lowest BCUT2D eigenvalue weighted by molar-refractivity contribution is 0.112. The Labute approximate surface area is 78.8 Å². The van der Waals surface area contributed by atoms with Gasteiger partial charge in [0.2, 0.25) is 0 Å². The Kier molecular flexibility index (Phi) is 1.88. The van der Waals surface area contributed by atoms with Gasteiger partial charge < -0.3 is 0 Å². The van der Waals surface area contributed by atoms with Gasteiger partial charge in [0.25, 0.3) is 0 Å². The highest BCUT2D eigenvalue weighted by molar-refractivity contribution is 7.20. The van der Waals surface area contributed by atoms with Gasteiger partial charge in [0, 0.05) is 4.70 Å². The Morgan fingerprint density at radius 3 is 2.85 bits per heavy atom. The molecule has 1 heterocycles. The van der Waals surface area contributed by atoms with Gasteiger partial charge in [0.05, 0.1) is 4.88 Å². The highest BCUT2D eigenvalue weighted by Gasteiger charge is 2.04. The molecule has 66 valence electrons. The summed E-state index contributed by atoms with van der Waals surface area (Å²) in [5.74, 6) is -0.216. The Morgan fingerprint density at radius 1 is 1.38 bits per heavy atom. The molecule has 1 nitrogen and oxygen atoms in total. The topological polar surface area (TPSA) is 17.1 Å². The first kappa shape index (κ1) is 8.38. The number of hydrogen-bond acceptors (Lipinski definition) is 2. The van der Waals surface area contributed by atoms with E-state index in [0.717, 1.165) is 16.4 Å². The highest BCUT2D eigenvalue weighted by Crippen LogP contribution is 2.26. The van der Waals surface area contributed by atoms with E-state index in [1.54, 1.807) is 19.1 Å². The predicted octanol–water partition coefficient (Wildman–Crippen LogP) is 3.16. The molecule has 0 N–H and O–H groups in total. The van der Waals surface area contributed by atoms with E-state index >= 15 is 0 Å². The van der Waals surface area contributed by atoms with Crippen LogP contribution in [-0.4, -0.2) is 6.29 Å². The minimum absolute atomic E-state index is 0.216. The van der Waals surface area contributed by atoms with E-state index in [9.17, 15) is 9.18 Å². The summed E-state index contributed by atoms with van der Waals surface area (Å²) in [4.78, 5) is 11.1. The second-order valence-electron chi connectivity index (χ2n) is 2.91. The van der Waals surface area contributed by atoms with Crippen LogP contribution in [0.3, 0.4) is 0 Å². The van der Waals surface area contributed by atoms with Crippen LogP contribution < -0.4 is 0 Å². The molecule has 0 bridgehead atoms. The molecule has 2 rings (SSSR count). The van der Waals surface area contributed by atoms with Crippen molar-refractivity contribution < 1.29 is 9.18 Å². The fourth-order valence-corrected chi connectivity index (χ4v) is 2.14. The summed E-state index contributed by atoms with van der Waals surface area (Å²) < 4.78 is 13.9. The van der Waals surface area contributed by atoms with Crippen LogP contribution in [0.15, 0.2) is 18.2 Å². The molecule has 0 atom stereocenters. The number of halogens is 1. The summed E-state index contributed by atoms with van der Waals surface area (Å²) in [6.07, 6.45) is 0.790. The van der Waals surface area contributed by atoms with Crippen LogP contribution in [0.1, 0.15) is 15.2 Å². The Balaban J connectivity index is 2.77. The minimum Gasteiger partial charge on any atom is -0.297 e. The third kappa shape index (κ3) is 1.35. The van der Waals surface area contributed by atoms with E-state index in [4.69, 9.17) is 0 Å². The number of benzene rings is 1. The Morgan fingerprint density at radius 2 is 2.15 bits per heavy atom. The molecular formula is C10H7FOS. The summed E-state index contributed by atoms with van der Waals surface area (Å²) in [6, 6.07) is 5.01. The summed E-state index contributed by atoms with van der Waals surface area (Å²) in [7, 11) is 0. The van der Waals surface area contributed by atoms with Crippen molar-refractivity contribution in [2.45, 2.75) is 6.92 Å². The number of thiophene rings is 1. The van der Waals surface area contributed by atoms with E-state index in [1.807, 2.05) is 0 Å². The predicted molar refractivity (Wildman–Crippen MR) is 51.9 cm³/mol. The molecule has 0 saturated carbocycles. The van der Waals surface area contributed by atoms with Gasteiger partial charge in [-0.2, -0.15) is 0 Å². The summed E-state index contributed by atoms with van der Waals surface area (Å²) in [5, 5.41) is 0.936. The lowest BCUT2D eigenvalue weighted by Gasteiger charge is -1.94. The Hall–Kier alpha value is -1.22. The van der Waals surface area contributed by atoms with Crippen molar-refractivity contribution in [3.8, 4) is 0 Å². The first-order valence-corrected chi connectivity index (χ1v) is 4.67. The van der Waals surface area contributed by atoms with Gasteiger partial charge in [0.1, 0.15) is 5.82 Å². The van der Waals surface area contributed by atoms with Crippen LogP contribution in [0.2, 0.25) is 0 Å². The molecule has 0 aliphatic rings. The van der Waals surface area contributed by atoms with Crippen LogP contribution in [0.5, 0.6) is 0 Å². The number of carbonyl (C=O) groups is 1. The zero-order valence-electron chi connectivity index (χ0n) is 7.00. The standard InChI is InChI=1S/C10H7FOS/c1-6-2-7-3-8(5-12)13-10(7)4-9(6)11/h2-5H,1H3. The lowest BCUT2D eigenvalue weighted by atomic mass is 10.2. The average molecular weight is 194 g/mol. The SMILES string of the molecule is Cc1cc2cc(C=O)sc2cc1F. The van der Waals surface area contributed by atoms with E-state index < -0.39 is 0 Å². The molecule has 0 aliphatic carbocycles. The van der Waals surface area contributed by atoms with Gasteiger partial charge in [-0.1, -0.05) is 0 Å². The van der Waals surface area contributed by atoms with Crippen LogP contribution in [0.25, 0.3) is 10.1 Å². The first-order valence-electron chi connectivity index (χ1n) is 3.85. The molecular weight excluding hydrogens is 187 g/mol. The number of aryl methyl sites for hydroxylation is 1. The van der Waals surface area contributed by atoms with E-state index in [1.165, 1.54) is 17.4 Å². The molecule has 3 heteroatoms. The third-order valence-corrected chi connectivity index (χ3v) is 2.96. The van der Waals surface area contributed by atoms with Crippen molar-refractivity contribution in [3.05, 3.63) is 34.5 Å². The minimum atomic E-state index is -0.216. The van der Waals surface area contributed by atoms with Crippen LogP contribution >= 0.6 is 11.3 Å². The number of carbonyl (C=O) groups excluding carboxylic acids is 1. The first-order chi connectivity index (χ1) is 6.20. The van der Waals surface area contributed by atoms with Crippen molar-refractivity contribution in [2.75, 3.05) is 0 Å². The van der Waals surface area contributed by atoms with Crippen molar-refractivity contribution >= 4 is 27.7 Å². The molecule has 13 heavy (non-hydrogen) atoms. The van der Waals surface area contributed by atoms with Gasteiger partial charge >= 0.3 is 0 Å². The number of fused-ring (bicyclic) bond motifs is 1. The molecule has 0 aliphatic heterocycles. The molecule has 0 spiro atoms. The monoisotopic (exact) mass is 194 g/mol. The molecule has 1 aromatic heterocycles. The molecule has 0 fully saturated rings. The summed E-state index contributed by atoms with van der Waals surface area (Å²) in [6.45, 7) is 1.72. The second-order valence-corrected chi connectivity index (χ2v) is 4.02. The largest absolute Gasteiger partial charge is 0.297 e. The van der Waals surface area contributed by atoms with Gasteiger partial charge in [-0.05, 0) is 36.1 Å². The zero-order valence-corrected chi connectivity index (χ0v) is 7.82. The fraction of sp³-hybridized carbons (Fsp3) is 0.100. The van der Waals surface area contributed by atoms with E-state index in [2.05, 4.69) is 0 Å². The molecule has 1 aromatic carbocycles. The summed E-state index contributed by atoms with van der Waals surface area (Å²) in [5.41, 5.74) is 0.614. The van der Waals surface area contributed by atoms with Crippen LogP contribution in [-0.2, 0) is 0 Å². The molecule has 0 unspecified atom stereocenters. The fourth-order valence-electron chi connectivity index (χ4n) is 1.25. The maximum atomic E-state index is 13.1. The number of rotatable bonds is 1. The maximum Gasteiger partial charge on any atom is 0.160 e. The van der Waals surface area contributed by atoms with Crippen molar-refractivity contribution in [2.24, 2.45) is 0 Å². The molecule has 0 radical (unpaired) electrons. The molecule has 0 amide bonds. The highest BCUT2D eigenvalue weighted by atomic mass is 32.1.